The van der Waals surface area contributed by atoms with Gasteiger partial charge in [0, 0.05) is 13.0 Å². The number of likely N-dealkylation sites (tertiary alicyclic amines) is 1. The normalized spacial score (nSPS) is 24.4. The molecule has 1 saturated heterocycles. The van der Waals surface area contributed by atoms with Crippen molar-refractivity contribution in [1.29, 1.82) is 0 Å². The molecule has 2 atom stereocenters. The molecule has 0 aliphatic carbocycles. The first-order valence-electron chi connectivity index (χ1n) is 6.59. The first kappa shape index (κ1) is 16.2. The van der Waals surface area contributed by atoms with Gasteiger partial charge in [-0.3, -0.25) is 4.79 Å². The summed E-state index contributed by atoms with van der Waals surface area (Å²) in [7, 11) is -0.541. The number of rotatable bonds is 4. The highest BCUT2D eigenvalue weighted by Crippen LogP contribution is 2.38. The Hall–Kier alpha value is -0.883. The summed E-state index contributed by atoms with van der Waals surface area (Å²) in [6.07, 6.45) is 1.16. The first-order valence-corrected chi connectivity index (χ1v) is 9.50. The predicted octanol–water partition coefficient (Wildman–Crippen LogP) is 1.78. The molecule has 0 bridgehead atoms. The summed E-state index contributed by atoms with van der Waals surface area (Å²) in [6.45, 7) is 11.3. The van der Waals surface area contributed by atoms with Gasteiger partial charge in [-0.25, -0.2) is 4.79 Å². The van der Waals surface area contributed by atoms with Gasteiger partial charge in [0.25, 0.3) is 0 Å². The fourth-order valence-corrected chi connectivity index (χ4v) is 3.34. The third-order valence-corrected chi connectivity index (χ3v) is 8.71. The van der Waals surface area contributed by atoms with Gasteiger partial charge in [-0.1, -0.05) is 20.8 Å². The lowest BCUT2D eigenvalue weighted by Gasteiger charge is -2.38. The molecule has 110 valence electrons. The van der Waals surface area contributed by atoms with E-state index in [-0.39, 0.29) is 17.1 Å². The third-order valence-electron chi connectivity index (χ3n) is 4.18. The van der Waals surface area contributed by atoms with E-state index in [1.54, 1.807) is 0 Å². The molecule has 0 radical (unpaired) electrons. The second-order valence-corrected chi connectivity index (χ2v) is 11.3. The number of esters is 1. The molecule has 0 saturated carbocycles. The van der Waals surface area contributed by atoms with Gasteiger partial charge in [0.1, 0.15) is 6.04 Å². The number of amides is 1. The van der Waals surface area contributed by atoms with E-state index in [2.05, 4.69) is 33.9 Å². The molecule has 0 aromatic rings. The second kappa shape index (κ2) is 5.62. The summed E-state index contributed by atoms with van der Waals surface area (Å²) in [5.74, 6) is -0.367. The molecule has 1 heterocycles. The number of methoxy groups -OCH3 is 1. The van der Waals surface area contributed by atoms with Crippen LogP contribution in [-0.2, 0) is 18.8 Å². The van der Waals surface area contributed by atoms with E-state index in [1.165, 1.54) is 12.0 Å². The van der Waals surface area contributed by atoms with Gasteiger partial charge >= 0.3 is 5.97 Å². The van der Waals surface area contributed by atoms with Crippen LogP contribution in [0.25, 0.3) is 0 Å². The molecule has 5 nitrogen and oxygen atoms in total. The number of carbonyl (C=O) groups is 2. The summed E-state index contributed by atoms with van der Waals surface area (Å²) in [5.41, 5.74) is 0. The molecule has 1 amide bonds. The number of carbonyl (C=O) groups excluding carboxylic acids is 2. The third kappa shape index (κ3) is 3.57. The minimum Gasteiger partial charge on any atom is -0.467 e. The molecule has 1 unspecified atom stereocenters. The summed E-state index contributed by atoms with van der Waals surface area (Å²) in [5, 5.41) is 0.113. The van der Waals surface area contributed by atoms with Crippen molar-refractivity contribution < 1.29 is 18.8 Å². The molecular weight excluding hydrogens is 262 g/mol. The molecule has 0 spiro atoms. The quantitative estimate of drug-likeness (QED) is 0.449. The van der Waals surface area contributed by atoms with Gasteiger partial charge in [0.15, 0.2) is 8.32 Å². The minimum atomic E-state index is -1.88. The molecule has 0 aromatic heterocycles. The van der Waals surface area contributed by atoms with Crippen LogP contribution >= 0.6 is 0 Å². The van der Waals surface area contributed by atoms with Crippen molar-refractivity contribution in [3.8, 4) is 0 Å². The van der Waals surface area contributed by atoms with Crippen molar-refractivity contribution in [3.63, 3.8) is 0 Å². The number of ether oxygens (including phenoxy) is 1. The van der Waals surface area contributed by atoms with E-state index in [0.717, 1.165) is 0 Å². The number of hydrogen-bond donors (Lipinski definition) is 0. The SMILES string of the molecule is COC(=O)[C@@H]1CC(O[Si](C)(C)C(C)(C)C)CN1C=O. The van der Waals surface area contributed by atoms with Crippen LogP contribution in [0, 0.1) is 0 Å². The molecule has 1 fully saturated rings. The average molecular weight is 287 g/mol. The smallest absolute Gasteiger partial charge is 0.328 e. The maximum Gasteiger partial charge on any atom is 0.328 e. The zero-order valence-corrected chi connectivity index (χ0v) is 13.7. The zero-order valence-electron chi connectivity index (χ0n) is 12.7. The Labute approximate surface area is 116 Å². The van der Waals surface area contributed by atoms with Gasteiger partial charge in [-0.15, -0.1) is 0 Å². The summed E-state index contributed by atoms with van der Waals surface area (Å²) in [6, 6.07) is -0.503. The van der Waals surface area contributed by atoms with Gasteiger partial charge in [-0.05, 0) is 18.1 Å². The second-order valence-electron chi connectivity index (χ2n) is 6.58. The van der Waals surface area contributed by atoms with Crippen molar-refractivity contribution >= 4 is 20.7 Å². The van der Waals surface area contributed by atoms with Gasteiger partial charge in [0.2, 0.25) is 6.41 Å². The Morgan fingerprint density at radius 2 is 1.95 bits per heavy atom. The highest BCUT2D eigenvalue weighted by atomic mass is 28.4. The Kier molecular flexibility index (Phi) is 4.79. The molecule has 1 aliphatic rings. The van der Waals surface area contributed by atoms with Crippen LogP contribution in [0.3, 0.4) is 0 Å². The fourth-order valence-electron chi connectivity index (χ4n) is 1.98. The zero-order chi connectivity index (χ0) is 14.8. The van der Waals surface area contributed by atoms with E-state index in [4.69, 9.17) is 9.16 Å². The molecule has 19 heavy (non-hydrogen) atoms. The topological polar surface area (TPSA) is 55.8 Å². The van der Waals surface area contributed by atoms with E-state index in [9.17, 15) is 9.59 Å². The van der Waals surface area contributed by atoms with Crippen molar-refractivity contribution in [2.75, 3.05) is 13.7 Å². The lowest BCUT2D eigenvalue weighted by Crippen LogP contribution is -2.44. The molecule has 0 aromatic carbocycles. The molecule has 1 aliphatic heterocycles. The number of nitrogens with zero attached hydrogens (tertiary/aromatic N) is 1. The lowest BCUT2D eigenvalue weighted by molar-refractivity contribution is -0.148. The van der Waals surface area contributed by atoms with E-state index < -0.39 is 14.4 Å². The van der Waals surface area contributed by atoms with Crippen LogP contribution < -0.4 is 0 Å². The van der Waals surface area contributed by atoms with Crippen molar-refractivity contribution in [2.24, 2.45) is 0 Å². The molecule has 0 N–H and O–H groups in total. The van der Waals surface area contributed by atoms with Crippen LogP contribution in [0.15, 0.2) is 0 Å². The maximum absolute atomic E-state index is 11.6. The summed E-state index contributed by atoms with van der Waals surface area (Å²) in [4.78, 5) is 24.1. The van der Waals surface area contributed by atoms with Crippen molar-refractivity contribution in [2.45, 2.75) is 57.5 Å². The van der Waals surface area contributed by atoms with Gasteiger partial charge in [0.05, 0.1) is 13.2 Å². The Morgan fingerprint density at radius 1 is 1.37 bits per heavy atom. The van der Waals surface area contributed by atoms with Gasteiger partial charge < -0.3 is 14.1 Å². The monoisotopic (exact) mass is 287 g/mol. The first-order chi connectivity index (χ1) is 8.62. The largest absolute Gasteiger partial charge is 0.467 e. The predicted molar refractivity (Wildman–Crippen MR) is 75.3 cm³/mol. The van der Waals surface area contributed by atoms with Gasteiger partial charge in [-0.2, -0.15) is 0 Å². The summed E-state index contributed by atoms with van der Waals surface area (Å²) < 4.78 is 11.0. The van der Waals surface area contributed by atoms with Crippen LogP contribution in [-0.4, -0.2) is 51.4 Å². The van der Waals surface area contributed by atoms with E-state index in [0.29, 0.717) is 19.4 Å². The maximum atomic E-state index is 11.6. The van der Waals surface area contributed by atoms with Crippen LogP contribution in [0.4, 0.5) is 0 Å². The minimum absolute atomic E-state index is 0.0739. The van der Waals surface area contributed by atoms with E-state index in [1.807, 2.05) is 0 Å². The summed E-state index contributed by atoms with van der Waals surface area (Å²) >= 11 is 0. The van der Waals surface area contributed by atoms with Crippen LogP contribution in [0.2, 0.25) is 18.1 Å². The Balaban J connectivity index is 2.74. The number of hydrogen-bond acceptors (Lipinski definition) is 4. The Bertz CT molecular complexity index is 351. The van der Waals surface area contributed by atoms with Crippen LogP contribution in [0.1, 0.15) is 27.2 Å². The van der Waals surface area contributed by atoms with Crippen molar-refractivity contribution in [3.05, 3.63) is 0 Å². The highest BCUT2D eigenvalue weighted by molar-refractivity contribution is 6.74. The molecular formula is C13H25NO4Si. The molecule has 1 rings (SSSR count). The standard InChI is InChI=1S/C13H25NO4Si/c1-13(2,3)19(5,6)18-10-7-11(12(16)17-4)14(8-10)9-15/h9-11H,7-8H2,1-6H3/t10?,11-/m0/s1. The van der Waals surface area contributed by atoms with Crippen LogP contribution in [0.5, 0.6) is 0 Å². The molecule has 6 heteroatoms. The van der Waals surface area contributed by atoms with E-state index >= 15 is 0 Å². The highest BCUT2D eigenvalue weighted by Gasteiger charge is 2.44. The fraction of sp³-hybridized carbons (Fsp3) is 0.846. The lowest BCUT2D eigenvalue weighted by atomic mass is 10.2. The Morgan fingerprint density at radius 3 is 2.37 bits per heavy atom. The van der Waals surface area contributed by atoms with Crippen molar-refractivity contribution in [1.82, 2.24) is 4.90 Å². The average Bonchev–Trinajstić information content (AvgIpc) is 2.68.